The minimum atomic E-state index is -2.86. The standard InChI is InChI=1S/C22H24S/c23-21-19(16-17-10-4-1-5-11-17)20(18-12-6-2-7-13-18)22(21)14-8-3-9-15-22/h1-2,4-7,10-13,19-20H,3,8-9,14-16H2/t19?,20-/m1/s1/i1D,2D,4D,5D,6D,7D,10D,11D,12D,13D,14D,16D2,20D/t14-,19?,20-,22?. The molecule has 2 unspecified atom stereocenters. The summed E-state index contributed by atoms with van der Waals surface area (Å²) in [6.07, 6.45) is -2.23. The van der Waals surface area contributed by atoms with Crippen LogP contribution in [0, 0.1) is 11.3 Å². The monoisotopic (exact) mass is 334 g/mol. The Morgan fingerprint density at radius 3 is 2.48 bits per heavy atom. The van der Waals surface area contributed by atoms with Crippen molar-refractivity contribution < 1.29 is 19.2 Å². The van der Waals surface area contributed by atoms with E-state index >= 15 is 0 Å². The molecule has 2 saturated carbocycles. The van der Waals surface area contributed by atoms with Crippen LogP contribution in [0.4, 0.5) is 0 Å². The van der Waals surface area contributed by atoms with Crippen molar-refractivity contribution in [3.8, 4) is 0 Å². The molecule has 0 N–H and O–H groups in total. The normalized spacial score (nSPS) is 45.8. The lowest BCUT2D eigenvalue weighted by Gasteiger charge is -2.58. The number of thiocarbonyl (C=S) groups is 1. The van der Waals surface area contributed by atoms with Crippen LogP contribution in [-0.4, -0.2) is 4.86 Å². The molecular weight excluding hydrogens is 296 g/mol. The molecule has 4 rings (SSSR count). The molecule has 0 nitrogen and oxygen atoms in total. The molecular formula is C22H24S. The molecule has 4 atom stereocenters. The van der Waals surface area contributed by atoms with Crippen molar-refractivity contribution in [1.29, 1.82) is 0 Å². The van der Waals surface area contributed by atoms with Crippen LogP contribution < -0.4 is 0 Å². The summed E-state index contributed by atoms with van der Waals surface area (Å²) in [7, 11) is 0. The molecule has 1 spiro atoms. The lowest BCUT2D eigenvalue weighted by molar-refractivity contribution is 0.145. The van der Waals surface area contributed by atoms with E-state index < -0.39 is 102 Å². The molecule has 2 aliphatic carbocycles. The Morgan fingerprint density at radius 2 is 1.78 bits per heavy atom. The van der Waals surface area contributed by atoms with Gasteiger partial charge in [0.1, 0.15) is 0 Å². The first-order valence-electron chi connectivity index (χ1n) is 14.7. The molecule has 0 amide bonds. The summed E-state index contributed by atoms with van der Waals surface area (Å²) < 4.78 is 119. The van der Waals surface area contributed by atoms with E-state index in [9.17, 15) is 1.37 Å². The molecule has 2 aromatic rings. The van der Waals surface area contributed by atoms with Gasteiger partial charge in [-0.3, -0.25) is 0 Å². The third-order valence-electron chi connectivity index (χ3n) is 4.55. The zero-order chi connectivity index (χ0) is 28.0. The lowest BCUT2D eigenvalue weighted by atomic mass is 9.46. The van der Waals surface area contributed by atoms with Crippen molar-refractivity contribution in [2.45, 2.75) is 44.3 Å². The Balaban J connectivity index is 2.10. The SMILES string of the molecule is [2H]c1c([2H])c([2H])c(C([2H])([2H])C2C(=S)C3(CCCC[C@H]3[2H])[C@]2([2H])c2c([2H])c([2H])c([2H])c([2H])c2[2H])c([2H])c1[2H]. The van der Waals surface area contributed by atoms with Crippen LogP contribution in [0.2, 0.25) is 0 Å². The molecule has 2 fully saturated rings. The highest BCUT2D eigenvalue weighted by molar-refractivity contribution is 7.80. The molecule has 0 saturated heterocycles. The Labute approximate surface area is 164 Å². The Bertz CT molecular complexity index is 1280. The van der Waals surface area contributed by atoms with Crippen molar-refractivity contribution in [3.63, 3.8) is 0 Å². The van der Waals surface area contributed by atoms with Gasteiger partial charge < -0.3 is 0 Å². The predicted molar refractivity (Wildman–Crippen MR) is 101 cm³/mol. The van der Waals surface area contributed by atoms with Gasteiger partial charge >= 0.3 is 0 Å². The second-order valence-electron chi connectivity index (χ2n) is 5.78. The van der Waals surface area contributed by atoms with Gasteiger partial charge in [-0.25, -0.2) is 0 Å². The molecule has 1 heteroatoms. The first-order valence-corrected chi connectivity index (χ1v) is 8.03. The molecule has 0 bridgehead atoms. The molecule has 118 valence electrons. The maximum atomic E-state index is 9.74. The van der Waals surface area contributed by atoms with Gasteiger partial charge in [0.15, 0.2) is 0 Å². The van der Waals surface area contributed by atoms with Crippen molar-refractivity contribution in [1.82, 2.24) is 0 Å². The first kappa shape index (κ1) is 6.11. The minimum Gasteiger partial charge on any atom is -0.0887 e. The fourth-order valence-electron chi connectivity index (χ4n) is 3.52. The van der Waals surface area contributed by atoms with Gasteiger partial charge in [0.05, 0.1) is 13.7 Å². The van der Waals surface area contributed by atoms with Crippen molar-refractivity contribution in [2.24, 2.45) is 11.3 Å². The number of rotatable bonds is 3. The average Bonchev–Trinajstić information content (AvgIpc) is 2.83. The Hall–Kier alpha value is -1.47. The number of hydrogen-bond acceptors (Lipinski definition) is 1. The highest BCUT2D eigenvalue weighted by Crippen LogP contribution is 2.62. The Kier molecular flexibility index (Phi) is 1.65. The van der Waals surface area contributed by atoms with Crippen LogP contribution in [0.5, 0.6) is 0 Å². The van der Waals surface area contributed by atoms with Gasteiger partial charge in [0, 0.05) is 27.6 Å². The van der Waals surface area contributed by atoms with Crippen molar-refractivity contribution >= 4 is 17.1 Å². The van der Waals surface area contributed by atoms with E-state index in [1.807, 2.05) is 0 Å². The molecule has 0 heterocycles. The minimum absolute atomic E-state index is 0.0502. The molecule has 23 heavy (non-hydrogen) atoms. The quantitative estimate of drug-likeness (QED) is 0.624. The van der Waals surface area contributed by atoms with E-state index in [2.05, 4.69) is 0 Å². The van der Waals surface area contributed by atoms with E-state index in [1.165, 1.54) is 0 Å². The summed E-state index contributed by atoms with van der Waals surface area (Å²) in [4.78, 5) is -0.0502. The van der Waals surface area contributed by atoms with E-state index in [1.54, 1.807) is 0 Å². The van der Waals surface area contributed by atoms with Crippen LogP contribution in [0.15, 0.2) is 60.4 Å². The van der Waals surface area contributed by atoms with Crippen LogP contribution in [0.1, 0.15) is 68.3 Å². The zero-order valence-corrected chi connectivity index (χ0v) is 13.2. The van der Waals surface area contributed by atoms with Gasteiger partial charge in [-0.1, -0.05) is 91.9 Å². The second-order valence-corrected chi connectivity index (χ2v) is 6.22. The summed E-state index contributed by atoms with van der Waals surface area (Å²) in [6.45, 7) is 0. The van der Waals surface area contributed by atoms with E-state index in [-0.39, 0.29) is 11.3 Å². The van der Waals surface area contributed by atoms with E-state index in [4.69, 9.17) is 30.0 Å². The maximum absolute atomic E-state index is 9.74. The summed E-state index contributed by atoms with van der Waals surface area (Å²) in [5.41, 5.74) is -2.74. The maximum Gasteiger partial charge on any atom is 0.0626 e. The molecule has 0 radical (unpaired) electrons. The fraction of sp³-hybridized carbons (Fsp3) is 0.409. The number of benzene rings is 2. The second kappa shape index (κ2) is 6.20. The predicted octanol–water partition coefficient (Wildman–Crippen LogP) is 5.96. The average molecular weight is 335 g/mol. The Morgan fingerprint density at radius 1 is 1.09 bits per heavy atom. The topological polar surface area (TPSA) is 0 Å². The largest absolute Gasteiger partial charge is 0.0887 e. The van der Waals surface area contributed by atoms with Gasteiger partial charge in [-0.15, -0.1) is 0 Å². The van der Waals surface area contributed by atoms with Crippen LogP contribution in [0.3, 0.4) is 0 Å². The van der Waals surface area contributed by atoms with Crippen molar-refractivity contribution in [2.75, 3.05) is 0 Å². The fourth-order valence-corrected chi connectivity index (χ4v) is 4.00. The van der Waals surface area contributed by atoms with Crippen molar-refractivity contribution in [3.05, 3.63) is 71.6 Å². The summed E-state index contributed by atoms with van der Waals surface area (Å²) >= 11 is 5.68. The molecule has 2 aliphatic rings. The first-order chi connectivity index (χ1) is 17.0. The van der Waals surface area contributed by atoms with Gasteiger partial charge in [0.2, 0.25) is 0 Å². The smallest absolute Gasteiger partial charge is 0.0626 e. The van der Waals surface area contributed by atoms with Crippen LogP contribution >= 0.6 is 12.2 Å². The molecule has 0 aliphatic heterocycles. The summed E-state index contributed by atoms with van der Waals surface area (Å²) in [5, 5.41) is 0. The third-order valence-corrected chi connectivity index (χ3v) is 5.15. The summed E-state index contributed by atoms with van der Waals surface area (Å²) in [6, 6.07) is -7.40. The van der Waals surface area contributed by atoms with E-state index in [0.29, 0.717) is 19.3 Å². The van der Waals surface area contributed by atoms with Gasteiger partial charge in [-0.05, 0) is 30.3 Å². The highest BCUT2D eigenvalue weighted by atomic mass is 32.1. The third kappa shape index (κ3) is 2.55. The summed E-state index contributed by atoms with van der Waals surface area (Å²) in [5.74, 6) is -4.07. The number of hydrogen-bond donors (Lipinski definition) is 0. The highest BCUT2D eigenvalue weighted by Gasteiger charge is 2.58. The van der Waals surface area contributed by atoms with Crippen LogP contribution in [-0.2, 0) is 6.37 Å². The van der Waals surface area contributed by atoms with Gasteiger partial charge in [0.25, 0.3) is 0 Å². The lowest BCUT2D eigenvalue weighted by Crippen LogP contribution is -2.56. The van der Waals surface area contributed by atoms with Gasteiger partial charge in [-0.2, -0.15) is 0 Å². The van der Waals surface area contributed by atoms with E-state index in [0.717, 1.165) is 0 Å². The zero-order valence-electron chi connectivity index (χ0n) is 26.4. The van der Waals surface area contributed by atoms with Crippen LogP contribution in [0.25, 0.3) is 0 Å². The molecule has 2 aromatic carbocycles. The molecule has 0 aromatic heterocycles.